The molecule has 0 saturated carbocycles. The van der Waals surface area contributed by atoms with E-state index in [0.29, 0.717) is 12.4 Å². The summed E-state index contributed by atoms with van der Waals surface area (Å²) in [7, 11) is 0. The van der Waals surface area contributed by atoms with Gasteiger partial charge in [0, 0.05) is 18.0 Å². The number of aromatic nitrogens is 7. The minimum Gasteiger partial charge on any atom is -0.400 e. The van der Waals surface area contributed by atoms with Crippen molar-refractivity contribution in [2.24, 2.45) is 0 Å². The van der Waals surface area contributed by atoms with Gasteiger partial charge in [-0.1, -0.05) is 18.4 Å². The molecule has 0 unspecified atom stereocenters. The van der Waals surface area contributed by atoms with E-state index in [2.05, 4.69) is 37.3 Å². The molecule has 1 aliphatic heterocycles. The molecule has 0 radical (unpaired) electrons. The second-order valence-electron chi connectivity index (χ2n) is 7.01. The Kier molecular flexibility index (Phi) is 4.53. The smallest absolute Gasteiger partial charge is 0.400 e. The summed E-state index contributed by atoms with van der Waals surface area (Å²) in [5, 5.41) is 15.4. The molecular weight excluding hydrogens is 435 g/mol. The summed E-state index contributed by atoms with van der Waals surface area (Å²) in [5.74, 6) is 0.0825. The highest BCUT2D eigenvalue weighted by molar-refractivity contribution is 7.18. The molecular formula is C17H16F3N9OS. The number of nitrogen functional groups attached to an aromatic ring is 1. The molecule has 10 nitrogen and oxygen atoms in total. The highest BCUT2D eigenvalue weighted by Crippen LogP contribution is 2.36. The van der Waals surface area contributed by atoms with Gasteiger partial charge in [0.05, 0.1) is 11.9 Å². The van der Waals surface area contributed by atoms with E-state index in [1.807, 2.05) is 11.0 Å². The van der Waals surface area contributed by atoms with Crippen LogP contribution in [0.5, 0.6) is 0 Å². The van der Waals surface area contributed by atoms with E-state index in [9.17, 15) is 13.2 Å². The van der Waals surface area contributed by atoms with Gasteiger partial charge < -0.3 is 19.6 Å². The summed E-state index contributed by atoms with van der Waals surface area (Å²) < 4.78 is 45.9. The fourth-order valence-electron chi connectivity index (χ4n) is 3.54. The molecule has 0 aromatic carbocycles. The molecule has 14 heteroatoms. The second-order valence-corrected chi connectivity index (χ2v) is 8.12. The maximum Gasteiger partial charge on any atom is 0.451 e. The van der Waals surface area contributed by atoms with Gasteiger partial charge in [0.2, 0.25) is 11.6 Å². The number of nitrogens with two attached hydrogens (primary N) is 1. The minimum atomic E-state index is -4.55. The number of alkyl halides is 3. The van der Waals surface area contributed by atoms with Crippen LogP contribution in [-0.4, -0.2) is 41.5 Å². The Labute approximate surface area is 176 Å². The Bertz CT molecular complexity index is 1260. The lowest BCUT2D eigenvalue weighted by Gasteiger charge is -2.29. The third-order valence-corrected chi connectivity index (χ3v) is 5.95. The van der Waals surface area contributed by atoms with Gasteiger partial charge in [0.15, 0.2) is 5.82 Å². The molecule has 5 rings (SSSR count). The molecule has 5 heterocycles. The Morgan fingerprint density at radius 2 is 2.00 bits per heavy atom. The van der Waals surface area contributed by atoms with Gasteiger partial charge in [0.25, 0.3) is 5.89 Å². The van der Waals surface area contributed by atoms with Crippen molar-refractivity contribution in [2.45, 2.75) is 39.0 Å². The maximum absolute atomic E-state index is 13.2. The maximum atomic E-state index is 13.2. The fourth-order valence-corrected chi connectivity index (χ4v) is 4.66. The van der Waals surface area contributed by atoms with Gasteiger partial charge in [-0.05, 0) is 12.5 Å². The van der Waals surface area contributed by atoms with Crippen LogP contribution in [0.15, 0.2) is 10.5 Å². The summed E-state index contributed by atoms with van der Waals surface area (Å²) in [6.45, 7) is 2.58. The van der Waals surface area contributed by atoms with Gasteiger partial charge in [-0.15, -0.1) is 26.6 Å². The van der Waals surface area contributed by atoms with Crippen molar-refractivity contribution >= 4 is 33.4 Å². The third kappa shape index (κ3) is 3.45. The first kappa shape index (κ1) is 19.7. The van der Waals surface area contributed by atoms with Crippen molar-refractivity contribution in [3.63, 3.8) is 0 Å². The summed E-state index contributed by atoms with van der Waals surface area (Å²) in [4.78, 5) is 12.9. The normalized spacial score (nSPS) is 14.4. The number of aryl methyl sites for hydroxylation is 1. The van der Waals surface area contributed by atoms with Crippen LogP contribution in [0.25, 0.3) is 21.9 Å². The van der Waals surface area contributed by atoms with Crippen LogP contribution in [0.3, 0.4) is 0 Å². The van der Waals surface area contributed by atoms with E-state index in [4.69, 9.17) is 10.2 Å². The van der Waals surface area contributed by atoms with E-state index in [0.717, 1.165) is 32.5 Å². The average molecular weight is 451 g/mol. The molecule has 0 fully saturated rings. The predicted molar refractivity (Wildman–Crippen MR) is 105 cm³/mol. The minimum absolute atomic E-state index is 0.0747. The Hall–Kier alpha value is -3.29. The van der Waals surface area contributed by atoms with Crippen molar-refractivity contribution in [1.82, 2.24) is 34.9 Å². The SMILES string of the molecule is CCCc1cc2c(N3CCn4c(nnc4C(F)(F)F)C3)nc(-c3nnc(N)o3)nc2s1. The van der Waals surface area contributed by atoms with Crippen molar-refractivity contribution in [3.05, 3.63) is 22.6 Å². The van der Waals surface area contributed by atoms with E-state index < -0.39 is 12.0 Å². The van der Waals surface area contributed by atoms with Crippen molar-refractivity contribution < 1.29 is 17.6 Å². The number of halogens is 3. The molecule has 0 saturated heterocycles. The topological polar surface area (TPSA) is 125 Å². The lowest BCUT2D eigenvalue weighted by molar-refractivity contribution is -0.147. The molecule has 0 amide bonds. The van der Waals surface area contributed by atoms with Crippen LogP contribution >= 0.6 is 11.3 Å². The molecule has 1 aliphatic rings. The standard InChI is InChI=1S/C17H16F3N9OS/c1-2-3-8-6-9-12(22-11(23-14(9)31-8)13-25-27-16(21)30-13)28-4-5-29-10(7-28)24-26-15(29)17(18,19)20/h6H,2-5,7H2,1H3,(H2,21,27). The first-order valence-electron chi connectivity index (χ1n) is 9.47. The first-order chi connectivity index (χ1) is 14.8. The van der Waals surface area contributed by atoms with Gasteiger partial charge in [-0.2, -0.15) is 13.2 Å². The zero-order valence-corrected chi connectivity index (χ0v) is 17.0. The van der Waals surface area contributed by atoms with Crippen LogP contribution in [0, 0.1) is 0 Å². The van der Waals surface area contributed by atoms with Gasteiger partial charge in [-0.25, -0.2) is 9.97 Å². The number of thiophene rings is 1. The molecule has 162 valence electrons. The molecule has 0 spiro atoms. The Balaban J connectivity index is 1.59. The van der Waals surface area contributed by atoms with Crippen LogP contribution in [0.1, 0.15) is 29.9 Å². The highest BCUT2D eigenvalue weighted by atomic mass is 32.1. The lowest BCUT2D eigenvalue weighted by atomic mass is 10.2. The monoisotopic (exact) mass is 451 g/mol. The molecule has 0 aliphatic carbocycles. The van der Waals surface area contributed by atoms with Gasteiger partial charge >= 0.3 is 12.2 Å². The zero-order valence-electron chi connectivity index (χ0n) is 16.2. The lowest BCUT2D eigenvalue weighted by Crippen LogP contribution is -2.36. The average Bonchev–Trinajstić information content (AvgIpc) is 3.43. The largest absolute Gasteiger partial charge is 0.451 e. The number of fused-ring (bicyclic) bond motifs is 2. The Morgan fingerprint density at radius 3 is 2.71 bits per heavy atom. The predicted octanol–water partition coefficient (Wildman–Crippen LogP) is 2.91. The fraction of sp³-hybridized carbons (Fsp3) is 0.412. The molecule has 4 aromatic rings. The quantitative estimate of drug-likeness (QED) is 0.498. The number of hydrogen-bond acceptors (Lipinski definition) is 10. The van der Waals surface area contributed by atoms with Crippen molar-refractivity contribution in [3.8, 4) is 11.7 Å². The molecule has 31 heavy (non-hydrogen) atoms. The molecule has 4 aromatic heterocycles. The third-order valence-electron chi connectivity index (χ3n) is 4.86. The molecule has 0 bridgehead atoms. The summed E-state index contributed by atoms with van der Waals surface area (Å²) in [6.07, 6.45) is -2.70. The van der Waals surface area contributed by atoms with E-state index in [1.54, 1.807) is 0 Å². The van der Waals surface area contributed by atoms with E-state index in [-0.39, 0.29) is 36.6 Å². The number of nitrogens with zero attached hydrogens (tertiary/aromatic N) is 8. The van der Waals surface area contributed by atoms with Crippen LogP contribution in [0.4, 0.5) is 25.0 Å². The van der Waals surface area contributed by atoms with E-state index >= 15 is 0 Å². The van der Waals surface area contributed by atoms with Gasteiger partial charge in [0.1, 0.15) is 10.6 Å². The summed E-state index contributed by atoms with van der Waals surface area (Å²) >= 11 is 1.53. The van der Waals surface area contributed by atoms with Crippen LogP contribution in [-0.2, 0) is 25.7 Å². The van der Waals surface area contributed by atoms with Gasteiger partial charge in [-0.3, -0.25) is 0 Å². The molecule has 2 N–H and O–H groups in total. The Morgan fingerprint density at radius 1 is 1.16 bits per heavy atom. The number of rotatable bonds is 4. The van der Waals surface area contributed by atoms with Crippen LogP contribution in [0.2, 0.25) is 0 Å². The molecule has 0 atom stereocenters. The van der Waals surface area contributed by atoms with Crippen molar-refractivity contribution in [1.29, 1.82) is 0 Å². The summed E-state index contributed by atoms with van der Waals surface area (Å²) in [5.41, 5.74) is 5.53. The van der Waals surface area contributed by atoms with Crippen molar-refractivity contribution in [2.75, 3.05) is 17.2 Å². The number of anilines is 2. The van der Waals surface area contributed by atoms with E-state index in [1.165, 1.54) is 11.3 Å². The zero-order chi connectivity index (χ0) is 21.8. The number of hydrogen-bond donors (Lipinski definition) is 1. The second kappa shape index (κ2) is 7.14. The summed E-state index contributed by atoms with van der Waals surface area (Å²) in [6, 6.07) is 1.91. The first-order valence-corrected chi connectivity index (χ1v) is 10.3. The highest BCUT2D eigenvalue weighted by Gasteiger charge is 2.39. The van der Waals surface area contributed by atoms with Crippen LogP contribution < -0.4 is 10.6 Å².